The van der Waals surface area contributed by atoms with Crippen LogP contribution in [0.25, 0.3) is 11.1 Å². The molecule has 0 bridgehead atoms. The maximum absolute atomic E-state index is 12.6. The van der Waals surface area contributed by atoms with Crippen molar-refractivity contribution in [2.45, 2.75) is 13.3 Å². The first-order valence-corrected chi connectivity index (χ1v) is 9.56. The summed E-state index contributed by atoms with van der Waals surface area (Å²) in [6, 6.07) is 21.7. The SMILES string of the molecule is COc1cc(CC(=O)Nc2cc(-c3ccccc3)ccc2C)ccc1OCCN. The minimum absolute atomic E-state index is 0.0870. The topological polar surface area (TPSA) is 73.6 Å². The van der Waals surface area contributed by atoms with Crippen LogP contribution in [0.5, 0.6) is 11.5 Å². The Balaban J connectivity index is 1.72. The van der Waals surface area contributed by atoms with Crippen molar-refractivity contribution in [2.75, 3.05) is 25.6 Å². The summed E-state index contributed by atoms with van der Waals surface area (Å²) in [6.07, 6.45) is 0.239. The molecule has 5 nitrogen and oxygen atoms in total. The van der Waals surface area contributed by atoms with E-state index in [2.05, 4.69) is 23.5 Å². The fourth-order valence-corrected chi connectivity index (χ4v) is 3.06. The molecule has 0 aliphatic carbocycles. The minimum atomic E-state index is -0.0870. The number of aryl methyl sites for hydroxylation is 1. The molecule has 3 aromatic rings. The van der Waals surface area contributed by atoms with Crippen LogP contribution in [-0.2, 0) is 11.2 Å². The van der Waals surface area contributed by atoms with Crippen molar-refractivity contribution in [1.82, 2.24) is 0 Å². The van der Waals surface area contributed by atoms with Gasteiger partial charge < -0.3 is 20.5 Å². The van der Waals surface area contributed by atoms with Crippen LogP contribution in [-0.4, -0.2) is 26.2 Å². The second-order valence-corrected chi connectivity index (χ2v) is 6.74. The summed E-state index contributed by atoms with van der Waals surface area (Å²) in [5.74, 6) is 1.12. The molecule has 0 atom stereocenters. The number of amides is 1. The van der Waals surface area contributed by atoms with Crippen molar-refractivity contribution in [3.05, 3.63) is 77.9 Å². The van der Waals surface area contributed by atoms with Gasteiger partial charge in [-0.3, -0.25) is 4.79 Å². The largest absolute Gasteiger partial charge is 0.493 e. The van der Waals surface area contributed by atoms with Gasteiger partial charge in [-0.2, -0.15) is 0 Å². The average Bonchev–Trinajstić information content (AvgIpc) is 2.74. The second-order valence-electron chi connectivity index (χ2n) is 6.74. The predicted molar refractivity (Wildman–Crippen MR) is 116 cm³/mol. The molecule has 29 heavy (non-hydrogen) atoms. The predicted octanol–water partition coefficient (Wildman–Crippen LogP) is 4.19. The van der Waals surface area contributed by atoms with E-state index in [0.717, 1.165) is 27.9 Å². The molecule has 0 saturated heterocycles. The first kappa shape index (κ1) is 20.4. The molecular weight excluding hydrogens is 364 g/mol. The van der Waals surface area contributed by atoms with Gasteiger partial charge >= 0.3 is 0 Å². The van der Waals surface area contributed by atoms with Gasteiger partial charge in [-0.05, 0) is 47.4 Å². The molecular formula is C24H26N2O3. The third kappa shape index (κ3) is 5.36. The molecule has 150 valence electrons. The Hall–Kier alpha value is -3.31. The van der Waals surface area contributed by atoms with Crippen LogP contribution < -0.4 is 20.5 Å². The fourth-order valence-electron chi connectivity index (χ4n) is 3.06. The van der Waals surface area contributed by atoms with Gasteiger partial charge in [-0.1, -0.05) is 48.5 Å². The molecule has 0 radical (unpaired) electrons. The molecule has 1 amide bonds. The molecule has 3 rings (SSSR count). The van der Waals surface area contributed by atoms with Gasteiger partial charge in [0.1, 0.15) is 6.61 Å². The molecule has 0 unspecified atom stereocenters. The van der Waals surface area contributed by atoms with Gasteiger partial charge in [-0.15, -0.1) is 0 Å². The molecule has 0 aliphatic heterocycles. The van der Waals surface area contributed by atoms with Gasteiger partial charge in [0.05, 0.1) is 13.5 Å². The number of methoxy groups -OCH3 is 1. The van der Waals surface area contributed by atoms with Crippen molar-refractivity contribution in [1.29, 1.82) is 0 Å². The van der Waals surface area contributed by atoms with Gasteiger partial charge in [-0.25, -0.2) is 0 Å². The van der Waals surface area contributed by atoms with E-state index in [0.29, 0.717) is 24.7 Å². The van der Waals surface area contributed by atoms with Crippen LogP contribution in [0.1, 0.15) is 11.1 Å². The normalized spacial score (nSPS) is 10.4. The zero-order valence-electron chi connectivity index (χ0n) is 16.8. The smallest absolute Gasteiger partial charge is 0.228 e. The number of hydrogen-bond donors (Lipinski definition) is 2. The number of hydrogen-bond acceptors (Lipinski definition) is 4. The third-order valence-electron chi connectivity index (χ3n) is 4.59. The number of carbonyl (C=O) groups is 1. The number of anilines is 1. The molecule has 0 aliphatic rings. The van der Waals surface area contributed by atoms with E-state index in [9.17, 15) is 4.79 Å². The maximum atomic E-state index is 12.6. The van der Waals surface area contributed by atoms with Crippen LogP contribution in [0.4, 0.5) is 5.69 Å². The van der Waals surface area contributed by atoms with E-state index < -0.39 is 0 Å². The lowest BCUT2D eigenvalue weighted by molar-refractivity contribution is -0.115. The number of benzene rings is 3. The second kappa shape index (κ2) is 9.75. The number of ether oxygens (including phenoxy) is 2. The highest BCUT2D eigenvalue weighted by Crippen LogP contribution is 2.29. The van der Waals surface area contributed by atoms with Crippen LogP contribution in [0, 0.1) is 6.92 Å². The summed E-state index contributed by atoms with van der Waals surface area (Å²) in [4.78, 5) is 12.6. The standard InChI is InChI=1S/C24H26N2O3/c1-17-8-10-20(19-6-4-3-5-7-19)16-21(17)26-24(27)15-18-9-11-22(29-13-12-25)23(14-18)28-2/h3-11,14,16H,12-13,15,25H2,1-2H3,(H,26,27). The summed E-state index contributed by atoms with van der Waals surface area (Å²) in [5.41, 5.74) is 10.3. The zero-order valence-corrected chi connectivity index (χ0v) is 16.8. The average molecular weight is 390 g/mol. The van der Waals surface area contributed by atoms with Crippen LogP contribution in [0.3, 0.4) is 0 Å². The van der Waals surface area contributed by atoms with Crippen molar-refractivity contribution in [3.8, 4) is 22.6 Å². The zero-order chi connectivity index (χ0) is 20.6. The van der Waals surface area contributed by atoms with E-state index in [-0.39, 0.29) is 12.3 Å². The van der Waals surface area contributed by atoms with Gasteiger partial charge in [0.25, 0.3) is 0 Å². The Kier molecular flexibility index (Phi) is 6.87. The molecule has 3 N–H and O–H groups in total. The van der Waals surface area contributed by atoms with Crippen molar-refractivity contribution < 1.29 is 14.3 Å². The van der Waals surface area contributed by atoms with E-state index in [4.69, 9.17) is 15.2 Å². The maximum Gasteiger partial charge on any atom is 0.228 e. The van der Waals surface area contributed by atoms with Crippen molar-refractivity contribution in [3.63, 3.8) is 0 Å². The van der Waals surface area contributed by atoms with E-state index >= 15 is 0 Å². The van der Waals surface area contributed by atoms with E-state index in [1.807, 2.05) is 49.4 Å². The lowest BCUT2D eigenvalue weighted by atomic mass is 10.0. The number of carbonyl (C=O) groups excluding carboxylic acids is 1. The summed E-state index contributed by atoms with van der Waals surface area (Å²) < 4.78 is 10.9. The molecule has 5 heteroatoms. The van der Waals surface area contributed by atoms with Crippen LogP contribution >= 0.6 is 0 Å². The van der Waals surface area contributed by atoms with Gasteiger partial charge in [0.15, 0.2) is 11.5 Å². The molecule has 0 heterocycles. The van der Waals surface area contributed by atoms with Gasteiger partial charge in [0, 0.05) is 12.2 Å². The lowest BCUT2D eigenvalue weighted by Crippen LogP contribution is -2.15. The number of nitrogens with one attached hydrogen (secondary N) is 1. The summed E-state index contributed by atoms with van der Waals surface area (Å²) >= 11 is 0. The lowest BCUT2D eigenvalue weighted by Gasteiger charge is -2.13. The Morgan fingerprint density at radius 3 is 2.48 bits per heavy atom. The Labute approximate surface area is 171 Å². The number of nitrogens with two attached hydrogens (primary N) is 1. The molecule has 0 aromatic heterocycles. The molecule has 0 saturated carbocycles. The summed E-state index contributed by atoms with van der Waals surface area (Å²) in [7, 11) is 1.58. The monoisotopic (exact) mass is 390 g/mol. The molecule has 0 fully saturated rings. The van der Waals surface area contributed by atoms with Gasteiger partial charge in [0.2, 0.25) is 5.91 Å². The summed E-state index contributed by atoms with van der Waals surface area (Å²) in [6.45, 7) is 2.82. The Morgan fingerprint density at radius 2 is 1.76 bits per heavy atom. The quantitative estimate of drug-likeness (QED) is 0.605. The molecule has 3 aromatic carbocycles. The number of rotatable bonds is 8. The Bertz CT molecular complexity index is 971. The van der Waals surface area contributed by atoms with Crippen molar-refractivity contribution >= 4 is 11.6 Å². The highest BCUT2D eigenvalue weighted by molar-refractivity contribution is 5.93. The highest BCUT2D eigenvalue weighted by atomic mass is 16.5. The molecule has 0 spiro atoms. The highest BCUT2D eigenvalue weighted by Gasteiger charge is 2.11. The van der Waals surface area contributed by atoms with E-state index in [1.54, 1.807) is 13.2 Å². The van der Waals surface area contributed by atoms with Crippen molar-refractivity contribution in [2.24, 2.45) is 5.73 Å². The fraction of sp³-hybridized carbons (Fsp3) is 0.208. The van der Waals surface area contributed by atoms with Crippen LogP contribution in [0.2, 0.25) is 0 Å². The first-order valence-electron chi connectivity index (χ1n) is 9.56. The summed E-state index contributed by atoms with van der Waals surface area (Å²) in [5, 5.41) is 3.03. The minimum Gasteiger partial charge on any atom is -0.493 e. The van der Waals surface area contributed by atoms with Crippen LogP contribution in [0.15, 0.2) is 66.7 Å². The Morgan fingerprint density at radius 1 is 0.966 bits per heavy atom. The third-order valence-corrected chi connectivity index (χ3v) is 4.59. The first-order chi connectivity index (χ1) is 14.1. The van der Waals surface area contributed by atoms with E-state index in [1.165, 1.54) is 0 Å².